The first-order valence-electron chi connectivity index (χ1n) is 6.95. The number of nitrogen functional groups attached to an aromatic ring is 2. The molecule has 7 N–H and O–H groups in total. The summed E-state index contributed by atoms with van der Waals surface area (Å²) in [7, 11) is 0. The Balaban J connectivity index is 0.00000288. The van der Waals surface area contributed by atoms with Gasteiger partial charge >= 0.3 is 0 Å². The van der Waals surface area contributed by atoms with Crippen molar-refractivity contribution in [2.45, 2.75) is 13.8 Å². The molecule has 0 radical (unpaired) electrons. The maximum atomic E-state index is 7.42. The second-order valence-corrected chi connectivity index (χ2v) is 5.17. The summed E-state index contributed by atoms with van der Waals surface area (Å²) in [6.45, 7) is 3.78. The van der Waals surface area contributed by atoms with Gasteiger partial charge in [0.25, 0.3) is 0 Å². The number of benzene rings is 2. The van der Waals surface area contributed by atoms with Crippen LogP contribution in [0.25, 0.3) is 0 Å². The highest BCUT2D eigenvalue weighted by Crippen LogP contribution is 2.21. The summed E-state index contributed by atoms with van der Waals surface area (Å²) in [5.41, 5.74) is 18.4. The number of anilines is 1. The van der Waals surface area contributed by atoms with Crippen LogP contribution >= 0.6 is 24.8 Å². The first-order chi connectivity index (χ1) is 10.9. The molecule has 0 spiro atoms. The van der Waals surface area contributed by atoms with Gasteiger partial charge in [0.15, 0.2) is 0 Å². The van der Waals surface area contributed by atoms with Crippen molar-refractivity contribution in [1.29, 1.82) is 10.8 Å². The Morgan fingerprint density at radius 1 is 0.880 bits per heavy atom. The lowest BCUT2D eigenvalue weighted by atomic mass is 10.1. The van der Waals surface area contributed by atoms with E-state index in [1.165, 1.54) is 0 Å². The van der Waals surface area contributed by atoms with E-state index in [0.29, 0.717) is 16.8 Å². The molecule has 134 valence electrons. The molecule has 0 amide bonds. The number of nitrogens with two attached hydrogens (primary N) is 2. The lowest BCUT2D eigenvalue weighted by Gasteiger charge is -2.07. The smallest absolute Gasteiger partial charge is 0.122 e. The molecule has 2 aromatic carbocycles. The van der Waals surface area contributed by atoms with Gasteiger partial charge in [-0.2, -0.15) is 0 Å². The van der Waals surface area contributed by atoms with Crippen molar-refractivity contribution in [2.24, 2.45) is 21.8 Å². The second-order valence-electron chi connectivity index (χ2n) is 5.17. The highest BCUT2D eigenvalue weighted by molar-refractivity contribution is 5.96. The molecule has 0 bridgehead atoms. The Morgan fingerprint density at radius 3 is 1.88 bits per heavy atom. The van der Waals surface area contributed by atoms with Crippen molar-refractivity contribution in [1.82, 2.24) is 0 Å². The summed E-state index contributed by atoms with van der Waals surface area (Å²) in [6.07, 6.45) is 0. The van der Waals surface area contributed by atoms with Gasteiger partial charge in [-0.1, -0.05) is 5.22 Å². The number of nitrogens with one attached hydrogen (secondary N) is 3. The van der Waals surface area contributed by atoms with Crippen LogP contribution in [0.5, 0.6) is 0 Å². The predicted octanol–water partition coefficient (Wildman–Crippen LogP) is 3.83. The average Bonchev–Trinajstić information content (AvgIpc) is 2.49. The van der Waals surface area contributed by atoms with E-state index in [2.05, 4.69) is 15.8 Å². The standard InChI is InChI=1S/C16H19N7.2ClH/c1-9-7-11(15(17)18)3-5-13(9)21-23-22-14-6-4-12(16(19)20)8-10(14)2;;/h3-8H,1-2H3,(H3,17,18)(H3,19,20)(H,21,22);2*1H. The molecule has 9 heteroatoms. The van der Waals surface area contributed by atoms with Gasteiger partial charge in [-0.15, -0.1) is 29.9 Å². The Morgan fingerprint density at radius 2 is 1.40 bits per heavy atom. The van der Waals surface area contributed by atoms with Crippen molar-refractivity contribution >= 4 is 47.9 Å². The van der Waals surface area contributed by atoms with Crippen molar-refractivity contribution in [3.8, 4) is 0 Å². The monoisotopic (exact) mass is 381 g/mol. The summed E-state index contributed by atoms with van der Waals surface area (Å²) >= 11 is 0. The predicted molar refractivity (Wildman–Crippen MR) is 107 cm³/mol. The van der Waals surface area contributed by atoms with Crippen LogP contribution in [0.15, 0.2) is 46.7 Å². The Hall–Kier alpha value is -2.64. The number of rotatable bonds is 5. The first-order valence-corrected chi connectivity index (χ1v) is 6.95. The highest BCUT2D eigenvalue weighted by atomic mass is 35.5. The maximum absolute atomic E-state index is 7.42. The molecule has 0 heterocycles. The Labute approximate surface area is 158 Å². The van der Waals surface area contributed by atoms with Crippen LogP contribution in [-0.4, -0.2) is 11.7 Å². The zero-order valence-electron chi connectivity index (χ0n) is 13.8. The molecule has 2 rings (SSSR count). The minimum absolute atomic E-state index is 0. The molecule has 0 aromatic heterocycles. The SMILES string of the molecule is Cc1cc(C(=N)N)ccc1N=NNc1ccc(C(=N)N)cc1C.Cl.Cl. The number of hydrogen-bond acceptors (Lipinski definition) is 4. The van der Waals surface area contributed by atoms with Gasteiger partial charge in [-0.05, 0) is 61.4 Å². The van der Waals surface area contributed by atoms with Crippen LogP contribution < -0.4 is 16.9 Å². The topological polar surface area (TPSA) is 136 Å². The van der Waals surface area contributed by atoms with E-state index in [-0.39, 0.29) is 36.5 Å². The lowest BCUT2D eigenvalue weighted by molar-refractivity contribution is 1.11. The summed E-state index contributed by atoms with van der Waals surface area (Å²) < 4.78 is 0. The Bertz CT molecular complexity index is 803. The summed E-state index contributed by atoms with van der Waals surface area (Å²) in [5.74, 6) is 0.0540. The van der Waals surface area contributed by atoms with E-state index in [1.807, 2.05) is 19.9 Å². The third-order valence-corrected chi connectivity index (χ3v) is 3.37. The highest BCUT2D eigenvalue weighted by Gasteiger charge is 2.03. The van der Waals surface area contributed by atoms with Crippen molar-refractivity contribution < 1.29 is 0 Å². The zero-order chi connectivity index (χ0) is 17.0. The maximum Gasteiger partial charge on any atom is 0.122 e. The minimum atomic E-state index is 0. The van der Waals surface area contributed by atoms with Crippen molar-refractivity contribution in [2.75, 3.05) is 5.43 Å². The molecule has 0 aliphatic carbocycles. The summed E-state index contributed by atoms with van der Waals surface area (Å²) in [4.78, 5) is 0. The van der Waals surface area contributed by atoms with Crippen LogP contribution in [0.4, 0.5) is 11.4 Å². The first kappa shape index (κ1) is 22.4. The van der Waals surface area contributed by atoms with E-state index < -0.39 is 0 Å². The van der Waals surface area contributed by atoms with E-state index in [0.717, 1.165) is 16.8 Å². The normalized spacial score (nSPS) is 9.84. The van der Waals surface area contributed by atoms with Gasteiger partial charge in [0.2, 0.25) is 0 Å². The molecule has 0 saturated heterocycles. The minimum Gasteiger partial charge on any atom is -0.384 e. The lowest BCUT2D eigenvalue weighted by Crippen LogP contribution is -2.11. The summed E-state index contributed by atoms with van der Waals surface area (Å²) in [5, 5.41) is 23.0. The van der Waals surface area contributed by atoms with Crippen molar-refractivity contribution in [3.63, 3.8) is 0 Å². The van der Waals surface area contributed by atoms with E-state index in [4.69, 9.17) is 22.3 Å². The van der Waals surface area contributed by atoms with Gasteiger partial charge in [-0.3, -0.25) is 16.2 Å². The van der Waals surface area contributed by atoms with E-state index >= 15 is 0 Å². The van der Waals surface area contributed by atoms with Crippen LogP contribution in [0, 0.1) is 24.7 Å². The summed E-state index contributed by atoms with van der Waals surface area (Å²) in [6, 6.07) is 10.7. The van der Waals surface area contributed by atoms with Crippen molar-refractivity contribution in [3.05, 3.63) is 58.7 Å². The molecule has 0 aliphatic heterocycles. The molecule has 0 unspecified atom stereocenters. The molecule has 0 fully saturated rings. The van der Waals surface area contributed by atoms with Crippen LogP contribution in [0.2, 0.25) is 0 Å². The van der Waals surface area contributed by atoms with Crippen LogP contribution in [0.3, 0.4) is 0 Å². The number of halogens is 2. The molecule has 25 heavy (non-hydrogen) atoms. The number of amidine groups is 2. The third-order valence-electron chi connectivity index (χ3n) is 3.37. The molecule has 7 nitrogen and oxygen atoms in total. The van der Waals surface area contributed by atoms with Gasteiger partial charge in [0, 0.05) is 11.1 Å². The third kappa shape index (κ3) is 5.74. The number of hydrogen-bond donors (Lipinski definition) is 5. The molecule has 2 aromatic rings. The largest absolute Gasteiger partial charge is 0.384 e. The van der Waals surface area contributed by atoms with Gasteiger partial charge in [0.1, 0.15) is 11.7 Å². The second kappa shape index (κ2) is 9.61. The van der Waals surface area contributed by atoms with Gasteiger partial charge in [0.05, 0.1) is 11.4 Å². The quantitative estimate of drug-likeness (QED) is 0.233. The number of aryl methyl sites for hydroxylation is 2. The molecular weight excluding hydrogens is 361 g/mol. The van der Waals surface area contributed by atoms with Gasteiger partial charge in [-0.25, -0.2) is 0 Å². The Kier molecular flexibility index (Phi) is 8.59. The zero-order valence-corrected chi connectivity index (χ0v) is 15.5. The fourth-order valence-corrected chi connectivity index (χ4v) is 2.02. The van der Waals surface area contributed by atoms with Crippen LogP contribution in [-0.2, 0) is 0 Å². The molecule has 0 saturated carbocycles. The average molecular weight is 382 g/mol. The van der Waals surface area contributed by atoms with E-state index in [9.17, 15) is 0 Å². The van der Waals surface area contributed by atoms with E-state index in [1.54, 1.807) is 30.3 Å². The molecule has 0 aliphatic rings. The fraction of sp³-hybridized carbons (Fsp3) is 0.125. The molecular formula is C16H21Cl2N7. The van der Waals surface area contributed by atoms with Gasteiger partial charge < -0.3 is 11.5 Å². The number of nitrogens with zero attached hydrogens (tertiary/aromatic N) is 2. The fourth-order valence-electron chi connectivity index (χ4n) is 2.02. The van der Waals surface area contributed by atoms with Crippen LogP contribution in [0.1, 0.15) is 22.3 Å². The molecule has 0 atom stereocenters.